The van der Waals surface area contributed by atoms with Crippen LogP contribution in [-0.2, 0) is 16.8 Å². The molecule has 1 unspecified atom stereocenters. The highest BCUT2D eigenvalue weighted by molar-refractivity contribution is 9.10. The van der Waals surface area contributed by atoms with Gasteiger partial charge in [0, 0.05) is 15.9 Å². The fourth-order valence-electron chi connectivity index (χ4n) is 1.90. The second-order valence-electron chi connectivity index (χ2n) is 4.92. The first-order valence-corrected chi connectivity index (χ1v) is 8.46. The molecule has 0 aliphatic carbocycles. The Morgan fingerprint density at radius 3 is 2.57 bits per heavy atom. The molecule has 21 heavy (non-hydrogen) atoms. The zero-order valence-electron chi connectivity index (χ0n) is 11.5. The maximum Gasteiger partial charge on any atom is 0.244 e. The summed E-state index contributed by atoms with van der Waals surface area (Å²) in [6.45, 7) is 2.26. The van der Waals surface area contributed by atoms with Gasteiger partial charge in [-0.3, -0.25) is 4.79 Å². The zero-order chi connectivity index (χ0) is 15.5. The van der Waals surface area contributed by atoms with Crippen LogP contribution in [0.5, 0.6) is 0 Å². The van der Waals surface area contributed by atoms with Crippen molar-refractivity contribution in [3.63, 3.8) is 0 Å². The molecule has 1 amide bonds. The van der Waals surface area contributed by atoms with Crippen molar-refractivity contribution in [2.24, 2.45) is 5.73 Å². The summed E-state index contributed by atoms with van der Waals surface area (Å²) in [5.74, 6) is -0.188. The molecule has 3 nitrogen and oxygen atoms in total. The third-order valence-corrected chi connectivity index (χ3v) is 5.02. The predicted molar refractivity (Wildman–Crippen MR) is 91.7 cm³/mol. The summed E-state index contributed by atoms with van der Waals surface area (Å²) in [7, 11) is 0. The number of benzene rings is 1. The van der Waals surface area contributed by atoms with E-state index in [4.69, 9.17) is 17.3 Å². The van der Waals surface area contributed by atoms with Gasteiger partial charge < -0.3 is 11.1 Å². The Kier molecular flexibility index (Phi) is 5.43. The number of carbonyl (C=O) groups is 1. The Balaban J connectivity index is 1.93. The van der Waals surface area contributed by atoms with Crippen LogP contribution in [-0.4, -0.2) is 12.5 Å². The monoisotopic (exact) mass is 386 g/mol. The van der Waals surface area contributed by atoms with E-state index in [1.165, 1.54) is 11.3 Å². The van der Waals surface area contributed by atoms with Crippen molar-refractivity contribution in [2.45, 2.75) is 18.9 Å². The predicted octanol–water partition coefficient (Wildman–Crippen LogP) is 3.70. The van der Waals surface area contributed by atoms with E-state index in [0.29, 0.717) is 6.54 Å². The van der Waals surface area contributed by atoms with E-state index in [1.807, 2.05) is 36.4 Å². The number of nitrogens with one attached hydrogen (secondary N) is 1. The topological polar surface area (TPSA) is 55.1 Å². The lowest BCUT2D eigenvalue weighted by Crippen LogP contribution is -2.49. The highest BCUT2D eigenvalue weighted by Crippen LogP contribution is 2.22. The summed E-state index contributed by atoms with van der Waals surface area (Å²) in [5, 5.41) is 2.88. The summed E-state index contributed by atoms with van der Waals surface area (Å²) in [5.41, 5.74) is 5.90. The molecule has 0 saturated carbocycles. The van der Waals surface area contributed by atoms with Crippen LogP contribution in [0.4, 0.5) is 0 Å². The first kappa shape index (κ1) is 16.5. The van der Waals surface area contributed by atoms with Gasteiger partial charge in [-0.15, -0.1) is 11.3 Å². The first-order valence-electron chi connectivity index (χ1n) is 6.47. The van der Waals surface area contributed by atoms with Gasteiger partial charge in [0.25, 0.3) is 0 Å². The molecule has 0 spiro atoms. The minimum Gasteiger partial charge on any atom is -0.354 e. The Labute approximate surface area is 141 Å². The molecule has 2 rings (SSSR count). The molecular weight excluding hydrogens is 372 g/mol. The molecule has 0 fully saturated rings. The minimum atomic E-state index is -1.05. The molecule has 1 atom stereocenters. The number of thiophene rings is 1. The van der Waals surface area contributed by atoms with E-state index >= 15 is 0 Å². The molecule has 3 N–H and O–H groups in total. The Hall–Kier alpha value is -0.880. The van der Waals surface area contributed by atoms with Crippen molar-refractivity contribution in [1.82, 2.24) is 5.32 Å². The number of amides is 1. The van der Waals surface area contributed by atoms with Crippen LogP contribution in [0.2, 0.25) is 4.34 Å². The van der Waals surface area contributed by atoms with Crippen LogP contribution in [0, 0.1) is 0 Å². The molecule has 0 radical (unpaired) electrons. The zero-order valence-corrected chi connectivity index (χ0v) is 14.7. The lowest BCUT2D eigenvalue weighted by Gasteiger charge is -2.24. The highest BCUT2D eigenvalue weighted by Gasteiger charge is 2.30. The number of nitrogens with two attached hydrogens (primary N) is 1. The van der Waals surface area contributed by atoms with Gasteiger partial charge in [-0.2, -0.15) is 0 Å². The number of hydrogen-bond acceptors (Lipinski definition) is 3. The Bertz CT molecular complexity index is 625. The molecule has 2 aromatic rings. The molecule has 0 saturated heterocycles. The Morgan fingerprint density at radius 2 is 2.00 bits per heavy atom. The molecule has 112 valence electrons. The van der Waals surface area contributed by atoms with Crippen molar-refractivity contribution in [1.29, 1.82) is 0 Å². The third-order valence-electron chi connectivity index (χ3n) is 3.20. The van der Waals surface area contributed by atoms with Gasteiger partial charge in [0.2, 0.25) is 5.91 Å². The highest BCUT2D eigenvalue weighted by atomic mass is 79.9. The maximum atomic E-state index is 12.3. The van der Waals surface area contributed by atoms with Gasteiger partial charge in [-0.25, -0.2) is 0 Å². The van der Waals surface area contributed by atoms with Crippen LogP contribution >= 0.6 is 38.9 Å². The molecular formula is C15H16BrClN2OS. The molecule has 0 aliphatic heterocycles. The number of rotatable bonds is 5. The lowest BCUT2D eigenvalue weighted by atomic mass is 9.92. The number of carbonyl (C=O) groups excluding carboxylic acids is 1. The Morgan fingerprint density at radius 1 is 1.33 bits per heavy atom. The second kappa shape index (κ2) is 6.92. The van der Waals surface area contributed by atoms with Crippen LogP contribution < -0.4 is 11.1 Å². The largest absolute Gasteiger partial charge is 0.354 e. The van der Waals surface area contributed by atoms with Gasteiger partial charge in [0.1, 0.15) is 5.54 Å². The third kappa shape index (κ3) is 4.30. The van der Waals surface area contributed by atoms with E-state index < -0.39 is 5.54 Å². The quantitative estimate of drug-likeness (QED) is 0.822. The van der Waals surface area contributed by atoms with Gasteiger partial charge in [-0.1, -0.05) is 39.7 Å². The van der Waals surface area contributed by atoms with Gasteiger partial charge in [-0.05, 0) is 43.2 Å². The average molecular weight is 388 g/mol. The van der Waals surface area contributed by atoms with E-state index in [0.717, 1.165) is 25.7 Å². The average Bonchev–Trinajstić information content (AvgIpc) is 2.85. The molecule has 0 aliphatic rings. The van der Waals surface area contributed by atoms with Crippen molar-refractivity contribution in [3.8, 4) is 0 Å². The van der Waals surface area contributed by atoms with Crippen LogP contribution in [0.15, 0.2) is 40.9 Å². The normalized spacial score (nSPS) is 13.7. The van der Waals surface area contributed by atoms with Crippen molar-refractivity contribution in [2.75, 3.05) is 6.54 Å². The second-order valence-corrected chi connectivity index (χ2v) is 7.64. The molecule has 1 aromatic heterocycles. The van der Waals surface area contributed by atoms with Crippen molar-refractivity contribution >= 4 is 44.8 Å². The smallest absolute Gasteiger partial charge is 0.244 e. The lowest BCUT2D eigenvalue weighted by molar-refractivity contribution is -0.126. The minimum absolute atomic E-state index is 0.188. The summed E-state index contributed by atoms with van der Waals surface area (Å²) in [6.07, 6.45) is 0.750. The molecule has 0 bridgehead atoms. The van der Waals surface area contributed by atoms with Crippen LogP contribution in [0.1, 0.15) is 17.4 Å². The summed E-state index contributed by atoms with van der Waals surface area (Å²) in [6, 6.07) is 11.3. The standard InChI is InChI=1S/C15H16BrClN2OS/c1-15(18,10-2-4-11(16)5-3-10)14(20)19-9-8-12-6-7-13(17)21-12/h2-7H,8-9,18H2,1H3,(H,19,20). The fraction of sp³-hybridized carbons (Fsp3) is 0.267. The van der Waals surface area contributed by atoms with Crippen molar-refractivity contribution < 1.29 is 4.79 Å². The maximum absolute atomic E-state index is 12.3. The van der Waals surface area contributed by atoms with Gasteiger partial charge in [0.15, 0.2) is 0 Å². The van der Waals surface area contributed by atoms with E-state index in [9.17, 15) is 4.79 Å². The number of hydrogen-bond donors (Lipinski definition) is 2. The van der Waals surface area contributed by atoms with Crippen molar-refractivity contribution in [3.05, 3.63) is 55.6 Å². The first-order chi connectivity index (χ1) is 9.89. The van der Waals surface area contributed by atoms with Gasteiger partial charge in [0.05, 0.1) is 4.34 Å². The van der Waals surface area contributed by atoms with E-state index in [1.54, 1.807) is 6.92 Å². The summed E-state index contributed by atoms with van der Waals surface area (Å²) in [4.78, 5) is 13.4. The van der Waals surface area contributed by atoms with E-state index in [-0.39, 0.29) is 5.91 Å². The van der Waals surface area contributed by atoms with Crippen LogP contribution in [0.25, 0.3) is 0 Å². The van der Waals surface area contributed by atoms with Crippen LogP contribution in [0.3, 0.4) is 0 Å². The summed E-state index contributed by atoms with van der Waals surface area (Å²) < 4.78 is 1.71. The molecule has 1 heterocycles. The molecule has 6 heteroatoms. The van der Waals surface area contributed by atoms with Gasteiger partial charge >= 0.3 is 0 Å². The van der Waals surface area contributed by atoms with E-state index in [2.05, 4.69) is 21.2 Å². The fourth-order valence-corrected chi connectivity index (χ4v) is 3.25. The summed E-state index contributed by atoms with van der Waals surface area (Å²) >= 11 is 10.8. The SMILES string of the molecule is CC(N)(C(=O)NCCc1ccc(Cl)s1)c1ccc(Br)cc1. The number of halogens is 2. The molecule has 1 aromatic carbocycles.